The van der Waals surface area contributed by atoms with Gasteiger partial charge in [-0.1, -0.05) is 46.4 Å². The Bertz CT molecular complexity index is 386. The van der Waals surface area contributed by atoms with Gasteiger partial charge in [0, 0.05) is 5.02 Å². The highest BCUT2D eigenvalue weighted by Gasteiger charge is 2.27. The zero-order valence-corrected chi connectivity index (χ0v) is 10.7. The van der Waals surface area contributed by atoms with Gasteiger partial charge >= 0.3 is 0 Å². The number of halogens is 4. The van der Waals surface area contributed by atoms with Crippen molar-refractivity contribution in [3.63, 3.8) is 0 Å². The summed E-state index contributed by atoms with van der Waals surface area (Å²) in [5, 5.41) is 3.30. The standard InChI is InChI=1S/C9H7Cl4NO/c1-9(12,13)8(15)14-7-3-2-5(10)4-6(7)11/h2-4H,1H3,(H,14,15). The molecule has 0 radical (unpaired) electrons. The Kier molecular flexibility index (Phi) is 4.13. The maximum atomic E-state index is 11.4. The highest BCUT2D eigenvalue weighted by Crippen LogP contribution is 2.28. The van der Waals surface area contributed by atoms with Gasteiger partial charge in [0.15, 0.2) is 4.33 Å². The van der Waals surface area contributed by atoms with Gasteiger partial charge in [0.2, 0.25) is 0 Å². The Balaban J connectivity index is 2.87. The van der Waals surface area contributed by atoms with E-state index in [1.807, 2.05) is 0 Å². The van der Waals surface area contributed by atoms with Crippen molar-refractivity contribution in [2.75, 3.05) is 5.32 Å². The first kappa shape index (κ1) is 12.9. The monoisotopic (exact) mass is 285 g/mol. The van der Waals surface area contributed by atoms with Crippen molar-refractivity contribution in [3.8, 4) is 0 Å². The molecule has 0 aliphatic carbocycles. The molecule has 1 amide bonds. The van der Waals surface area contributed by atoms with Gasteiger partial charge in [-0.3, -0.25) is 4.79 Å². The summed E-state index contributed by atoms with van der Waals surface area (Å²) in [4.78, 5) is 11.4. The SMILES string of the molecule is CC(Cl)(Cl)C(=O)Nc1ccc(Cl)cc1Cl. The zero-order valence-electron chi connectivity index (χ0n) is 7.65. The molecule has 1 aromatic carbocycles. The van der Waals surface area contributed by atoms with Crippen LogP contribution in [0, 0.1) is 0 Å². The van der Waals surface area contributed by atoms with Crippen LogP contribution in [0.5, 0.6) is 0 Å². The van der Waals surface area contributed by atoms with Gasteiger partial charge in [-0.2, -0.15) is 0 Å². The zero-order chi connectivity index (χ0) is 11.6. The van der Waals surface area contributed by atoms with Crippen molar-refractivity contribution < 1.29 is 4.79 Å². The maximum absolute atomic E-state index is 11.4. The molecule has 6 heteroatoms. The van der Waals surface area contributed by atoms with Gasteiger partial charge < -0.3 is 5.32 Å². The van der Waals surface area contributed by atoms with E-state index in [0.29, 0.717) is 15.7 Å². The average Bonchev–Trinajstić information content (AvgIpc) is 2.08. The average molecular weight is 287 g/mol. The lowest BCUT2D eigenvalue weighted by molar-refractivity contribution is -0.116. The molecular weight excluding hydrogens is 280 g/mol. The molecule has 0 spiro atoms. The number of carbonyl (C=O) groups is 1. The maximum Gasteiger partial charge on any atom is 0.260 e. The highest BCUT2D eigenvalue weighted by atomic mass is 35.5. The Hall–Kier alpha value is -0.150. The summed E-state index contributed by atoms with van der Waals surface area (Å²) in [6, 6.07) is 4.68. The van der Waals surface area contributed by atoms with Gasteiger partial charge in [-0.15, -0.1) is 0 Å². The van der Waals surface area contributed by atoms with Gasteiger partial charge in [0.05, 0.1) is 10.7 Å². The van der Waals surface area contributed by atoms with E-state index < -0.39 is 10.2 Å². The van der Waals surface area contributed by atoms with E-state index in [1.54, 1.807) is 12.1 Å². The van der Waals surface area contributed by atoms with E-state index in [4.69, 9.17) is 46.4 Å². The van der Waals surface area contributed by atoms with Crippen LogP contribution in [-0.4, -0.2) is 10.2 Å². The molecule has 2 nitrogen and oxygen atoms in total. The molecule has 1 aromatic rings. The molecule has 0 aliphatic heterocycles. The van der Waals surface area contributed by atoms with E-state index in [9.17, 15) is 4.79 Å². The molecule has 0 aliphatic rings. The minimum atomic E-state index is -1.50. The second-order valence-corrected chi connectivity index (χ2v) is 5.52. The minimum Gasteiger partial charge on any atom is -0.322 e. The molecule has 0 saturated carbocycles. The number of hydrogen-bond donors (Lipinski definition) is 1. The molecule has 15 heavy (non-hydrogen) atoms. The van der Waals surface area contributed by atoms with Crippen molar-refractivity contribution in [1.82, 2.24) is 0 Å². The smallest absolute Gasteiger partial charge is 0.260 e. The number of hydrogen-bond acceptors (Lipinski definition) is 1. The van der Waals surface area contributed by atoms with Crippen LogP contribution >= 0.6 is 46.4 Å². The van der Waals surface area contributed by atoms with Gasteiger partial charge in [0.1, 0.15) is 0 Å². The van der Waals surface area contributed by atoms with Crippen LogP contribution in [0.15, 0.2) is 18.2 Å². The van der Waals surface area contributed by atoms with E-state index in [0.717, 1.165) is 0 Å². The molecule has 0 atom stereocenters. The first-order valence-corrected chi connectivity index (χ1v) is 5.46. The first-order chi connectivity index (χ1) is 6.80. The van der Waals surface area contributed by atoms with Gasteiger partial charge in [-0.05, 0) is 25.1 Å². The molecule has 0 unspecified atom stereocenters. The fourth-order valence-electron chi connectivity index (χ4n) is 0.823. The summed E-state index contributed by atoms with van der Waals surface area (Å²) in [7, 11) is 0. The highest BCUT2D eigenvalue weighted by molar-refractivity contribution is 6.58. The van der Waals surface area contributed by atoms with E-state index >= 15 is 0 Å². The summed E-state index contributed by atoms with van der Waals surface area (Å²) in [6.07, 6.45) is 0. The van der Waals surface area contributed by atoms with Crippen LogP contribution in [-0.2, 0) is 4.79 Å². The van der Waals surface area contributed by atoms with Crippen molar-refractivity contribution in [2.24, 2.45) is 0 Å². The summed E-state index contributed by atoms with van der Waals surface area (Å²) in [5.74, 6) is -0.546. The number of nitrogens with one attached hydrogen (secondary N) is 1. The third-order valence-electron chi connectivity index (χ3n) is 1.58. The minimum absolute atomic E-state index is 0.327. The van der Waals surface area contributed by atoms with Crippen molar-refractivity contribution in [1.29, 1.82) is 0 Å². The number of carbonyl (C=O) groups excluding carboxylic acids is 1. The van der Waals surface area contributed by atoms with Crippen LogP contribution in [0.4, 0.5) is 5.69 Å². The van der Waals surface area contributed by atoms with Crippen LogP contribution in [0.1, 0.15) is 6.92 Å². The predicted octanol–water partition coefficient (Wildman–Crippen LogP) is 4.13. The van der Waals surface area contributed by atoms with E-state index in [1.165, 1.54) is 13.0 Å². The summed E-state index contributed by atoms with van der Waals surface area (Å²) in [5.41, 5.74) is 0.415. The Morgan fingerprint density at radius 2 is 1.93 bits per heavy atom. The number of alkyl halides is 2. The summed E-state index contributed by atoms with van der Waals surface area (Å²) < 4.78 is -1.50. The van der Waals surface area contributed by atoms with Gasteiger partial charge in [-0.25, -0.2) is 0 Å². The second-order valence-electron chi connectivity index (χ2n) is 2.97. The fraction of sp³-hybridized carbons (Fsp3) is 0.222. The van der Waals surface area contributed by atoms with E-state index in [-0.39, 0.29) is 0 Å². The number of benzene rings is 1. The van der Waals surface area contributed by atoms with Crippen molar-refractivity contribution >= 4 is 58.0 Å². The normalized spacial score (nSPS) is 11.3. The predicted molar refractivity (Wildman–Crippen MR) is 65.2 cm³/mol. The van der Waals surface area contributed by atoms with Crippen LogP contribution < -0.4 is 5.32 Å². The molecule has 0 aromatic heterocycles. The largest absolute Gasteiger partial charge is 0.322 e. The fourth-order valence-corrected chi connectivity index (χ4v) is 1.37. The van der Waals surface area contributed by atoms with Crippen molar-refractivity contribution in [2.45, 2.75) is 11.3 Å². The summed E-state index contributed by atoms with van der Waals surface area (Å²) >= 11 is 22.7. The first-order valence-electron chi connectivity index (χ1n) is 3.95. The lowest BCUT2D eigenvalue weighted by atomic mass is 10.3. The van der Waals surface area contributed by atoms with Crippen molar-refractivity contribution in [3.05, 3.63) is 28.2 Å². The third kappa shape index (κ3) is 3.72. The molecule has 1 N–H and O–H groups in total. The molecular formula is C9H7Cl4NO. The summed E-state index contributed by atoms with van der Waals surface area (Å²) in [6.45, 7) is 1.37. The lowest BCUT2D eigenvalue weighted by Crippen LogP contribution is -2.29. The molecule has 0 saturated heterocycles. The van der Waals surface area contributed by atoms with Crippen LogP contribution in [0.3, 0.4) is 0 Å². The Labute approximate surface area is 107 Å². The number of rotatable bonds is 2. The molecule has 0 heterocycles. The molecule has 0 bridgehead atoms. The van der Waals surface area contributed by atoms with Crippen LogP contribution in [0.25, 0.3) is 0 Å². The lowest BCUT2D eigenvalue weighted by Gasteiger charge is -2.14. The Morgan fingerprint density at radius 1 is 1.33 bits per heavy atom. The number of anilines is 1. The third-order valence-corrected chi connectivity index (χ3v) is 2.47. The number of amides is 1. The quantitative estimate of drug-likeness (QED) is 0.814. The topological polar surface area (TPSA) is 29.1 Å². The molecule has 82 valence electrons. The molecule has 0 fully saturated rings. The Morgan fingerprint density at radius 3 is 2.40 bits per heavy atom. The molecule has 1 rings (SSSR count). The van der Waals surface area contributed by atoms with Gasteiger partial charge in [0.25, 0.3) is 5.91 Å². The van der Waals surface area contributed by atoms with E-state index in [2.05, 4.69) is 5.32 Å². The second kappa shape index (κ2) is 4.79. The van der Waals surface area contributed by atoms with Crippen LogP contribution in [0.2, 0.25) is 10.0 Å².